The van der Waals surface area contributed by atoms with Gasteiger partial charge in [0.2, 0.25) is 0 Å². The summed E-state index contributed by atoms with van der Waals surface area (Å²) >= 11 is 0. The molecule has 0 unspecified atom stereocenters. The van der Waals surface area contributed by atoms with Crippen LogP contribution in [-0.4, -0.2) is 0 Å². The second kappa shape index (κ2) is 8.62. The van der Waals surface area contributed by atoms with Crippen molar-refractivity contribution in [2.45, 2.75) is 104 Å². The molecule has 2 aromatic rings. The molecule has 0 aliphatic rings. The highest BCUT2D eigenvalue weighted by molar-refractivity contribution is 5.46. The molecular formula is C29H39F2N. The highest BCUT2D eigenvalue weighted by atomic mass is 19.1. The monoisotopic (exact) mass is 439 g/mol. The van der Waals surface area contributed by atoms with E-state index in [1.54, 1.807) is 0 Å². The molecule has 0 heterocycles. The third kappa shape index (κ3) is 5.58. The summed E-state index contributed by atoms with van der Waals surface area (Å²) in [7, 11) is 0. The van der Waals surface area contributed by atoms with Crippen molar-refractivity contribution >= 4 is 0 Å². The van der Waals surface area contributed by atoms with E-state index >= 15 is 0 Å². The Bertz CT molecular complexity index is 1000. The molecule has 0 aromatic heterocycles. The lowest BCUT2D eigenvalue weighted by Crippen LogP contribution is -2.26. The summed E-state index contributed by atoms with van der Waals surface area (Å²) in [4.78, 5) is 0. The van der Waals surface area contributed by atoms with Crippen molar-refractivity contribution in [3.8, 4) is 6.07 Å². The predicted molar refractivity (Wildman–Crippen MR) is 130 cm³/mol. The van der Waals surface area contributed by atoms with Gasteiger partial charge in [-0.2, -0.15) is 5.26 Å². The maximum atomic E-state index is 14.8. The number of nitriles is 1. The molecule has 32 heavy (non-hydrogen) atoms. The zero-order valence-corrected chi connectivity index (χ0v) is 21.5. The van der Waals surface area contributed by atoms with Gasteiger partial charge in [-0.05, 0) is 69.4 Å². The van der Waals surface area contributed by atoms with Gasteiger partial charge in [-0.1, -0.05) is 81.4 Å². The molecule has 0 saturated heterocycles. The van der Waals surface area contributed by atoms with E-state index in [-0.39, 0.29) is 16.4 Å². The molecule has 0 spiro atoms. The van der Waals surface area contributed by atoms with Crippen LogP contribution < -0.4 is 0 Å². The lowest BCUT2D eigenvalue weighted by atomic mass is 9.71. The van der Waals surface area contributed by atoms with Crippen LogP contribution in [0.2, 0.25) is 0 Å². The molecule has 0 bridgehead atoms. The molecule has 2 aromatic carbocycles. The first kappa shape index (κ1) is 26.0. The topological polar surface area (TPSA) is 23.8 Å². The second-order valence-electron chi connectivity index (χ2n) is 12.5. The quantitative estimate of drug-likeness (QED) is 0.458. The molecule has 0 fully saturated rings. The average Bonchev–Trinajstić information content (AvgIpc) is 2.63. The van der Waals surface area contributed by atoms with Crippen LogP contribution in [0.15, 0.2) is 30.3 Å². The van der Waals surface area contributed by atoms with Crippen LogP contribution in [0.3, 0.4) is 0 Å². The number of halogens is 2. The van der Waals surface area contributed by atoms with E-state index in [4.69, 9.17) is 0 Å². The Morgan fingerprint density at radius 1 is 0.688 bits per heavy atom. The van der Waals surface area contributed by atoms with Crippen molar-refractivity contribution < 1.29 is 8.78 Å². The summed E-state index contributed by atoms with van der Waals surface area (Å²) in [5.41, 5.74) is 2.38. The summed E-state index contributed by atoms with van der Waals surface area (Å²) in [5.74, 6) is -0.964. The van der Waals surface area contributed by atoms with Crippen LogP contribution in [0, 0.1) is 23.0 Å². The Kier molecular flexibility index (Phi) is 7.02. The van der Waals surface area contributed by atoms with Crippen LogP contribution in [0.1, 0.15) is 110 Å². The summed E-state index contributed by atoms with van der Waals surface area (Å²) in [6.07, 6.45) is 1.52. The molecule has 174 valence electrons. The number of rotatable bonds is 5. The van der Waals surface area contributed by atoms with Gasteiger partial charge in [0, 0.05) is 5.56 Å². The van der Waals surface area contributed by atoms with Crippen molar-refractivity contribution in [3.05, 3.63) is 69.8 Å². The Hall–Kier alpha value is -2.21. The van der Waals surface area contributed by atoms with Crippen molar-refractivity contribution in [2.75, 3.05) is 0 Å². The maximum Gasteiger partial charge on any atom is 0.130 e. The van der Waals surface area contributed by atoms with Gasteiger partial charge in [-0.3, -0.25) is 0 Å². The zero-order valence-electron chi connectivity index (χ0n) is 21.5. The van der Waals surface area contributed by atoms with Crippen LogP contribution >= 0.6 is 0 Å². The Labute approximate surface area is 193 Å². The molecule has 1 nitrogen and oxygen atoms in total. The standard InChI is InChI=1S/C29H39F2N/c1-26(2,3)20-11-12-22(19(15-20)18-32)29(9,10)14-13-28(7,8)21-16-23(30)25(24(31)17-21)27(4,5)6/h11-12,15-17H,13-14H2,1-10H3. The normalized spacial score (nSPS) is 13.2. The lowest BCUT2D eigenvalue weighted by molar-refractivity contribution is 0.370. The summed E-state index contributed by atoms with van der Waals surface area (Å²) in [6, 6.07) is 11.6. The molecule has 0 amide bonds. The van der Waals surface area contributed by atoms with Crippen molar-refractivity contribution in [3.63, 3.8) is 0 Å². The third-order valence-corrected chi connectivity index (χ3v) is 6.68. The number of hydrogen-bond donors (Lipinski definition) is 0. The van der Waals surface area contributed by atoms with Crippen molar-refractivity contribution in [2.24, 2.45) is 0 Å². The Morgan fingerprint density at radius 3 is 1.62 bits per heavy atom. The van der Waals surface area contributed by atoms with Crippen molar-refractivity contribution in [1.29, 1.82) is 5.26 Å². The summed E-state index contributed by atoms with van der Waals surface area (Å²) < 4.78 is 29.7. The molecular weight excluding hydrogens is 400 g/mol. The van der Waals surface area contributed by atoms with Gasteiger partial charge in [0.1, 0.15) is 11.6 Å². The largest absolute Gasteiger partial charge is 0.207 e. The molecule has 3 heteroatoms. The fraction of sp³-hybridized carbons (Fsp3) is 0.552. The molecule has 0 radical (unpaired) electrons. The molecule has 0 aliphatic carbocycles. The minimum Gasteiger partial charge on any atom is -0.207 e. The SMILES string of the molecule is CC(C)(C)c1ccc(C(C)(C)CCC(C)(C)c2cc(F)c(C(C)(C)C)c(F)c2)c(C#N)c1. The zero-order chi connectivity index (χ0) is 24.7. The van der Waals surface area contributed by atoms with E-state index in [9.17, 15) is 14.0 Å². The van der Waals surface area contributed by atoms with Gasteiger partial charge in [-0.25, -0.2) is 8.78 Å². The molecule has 0 saturated carbocycles. The molecule has 0 atom stereocenters. The van der Waals surface area contributed by atoms with Crippen molar-refractivity contribution in [1.82, 2.24) is 0 Å². The van der Waals surface area contributed by atoms with E-state index in [1.165, 1.54) is 12.1 Å². The Balaban J connectivity index is 2.34. The average molecular weight is 440 g/mol. The van der Waals surface area contributed by atoms with Gasteiger partial charge in [0.05, 0.1) is 11.6 Å². The maximum absolute atomic E-state index is 14.8. The summed E-state index contributed by atoms with van der Waals surface area (Å²) in [6.45, 7) is 20.2. The smallest absolute Gasteiger partial charge is 0.130 e. The van der Waals surface area contributed by atoms with Crippen LogP contribution in [0.5, 0.6) is 0 Å². The van der Waals surface area contributed by atoms with Gasteiger partial charge in [0.15, 0.2) is 0 Å². The first-order valence-electron chi connectivity index (χ1n) is 11.5. The molecule has 2 rings (SSSR count). The van der Waals surface area contributed by atoms with E-state index < -0.39 is 22.5 Å². The summed E-state index contributed by atoms with van der Waals surface area (Å²) in [5, 5.41) is 9.80. The fourth-order valence-electron chi connectivity index (χ4n) is 4.28. The highest BCUT2D eigenvalue weighted by Gasteiger charge is 2.32. The van der Waals surface area contributed by atoms with Gasteiger partial charge in [0.25, 0.3) is 0 Å². The van der Waals surface area contributed by atoms with E-state index in [1.807, 2.05) is 40.7 Å². The number of benzene rings is 2. The minimum absolute atomic E-state index is 0.0242. The third-order valence-electron chi connectivity index (χ3n) is 6.68. The van der Waals surface area contributed by atoms with Crippen LogP contribution in [0.4, 0.5) is 8.78 Å². The lowest BCUT2D eigenvalue weighted by Gasteiger charge is -2.33. The fourth-order valence-corrected chi connectivity index (χ4v) is 4.28. The highest BCUT2D eigenvalue weighted by Crippen LogP contribution is 2.39. The van der Waals surface area contributed by atoms with Crippen LogP contribution in [0.25, 0.3) is 0 Å². The number of nitrogens with zero attached hydrogens (tertiary/aromatic N) is 1. The van der Waals surface area contributed by atoms with Gasteiger partial charge >= 0.3 is 0 Å². The molecule has 0 aliphatic heterocycles. The first-order chi connectivity index (χ1) is 14.4. The molecule has 0 N–H and O–H groups in total. The minimum atomic E-state index is -0.592. The van der Waals surface area contributed by atoms with E-state index in [0.717, 1.165) is 24.0 Å². The second-order valence-corrected chi connectivity index (χ2v) is 12.5. The van der Waals surface area contributed by atoms with E-state index in [2.05, 4.69) is 52.8 Å². The number of hydrogen-bond acceptors (Lipinski definition) is 1. The Morgan fingerprint density at radius 2 is 1.19 bits per heavy atom. The van der Waals surface area contributed by atoms with Gasteiger partial charge < -0.3 is 0 Å². The first-order valence-corrected chi connectivity index (χ1v) is 11.5. The van der Waals surface area contributed by atoms with E-state index in [0.29, 0.717) is 11.1 Å². The van der Waals surface area contributed by atoms with Gasteiger partial charge in [-0.15, -0.1) is 0 Å². The predicted octanol–water partition coefficient (Wildman–Crippen LogP) is 8.47. The van der Waals surface area contributed by atoms with Crippen LogP contribution in [-0.2, 0) is 21.7 Å².